The van der Waals surface area contributed by atoms with Crippen LogP contribution in [0.15, 0.2) is 18.2 Å². The van der Waals surface area contributed by atoms with E-state index in [4.69, 9.17) is 5.26 Å². The first-order valence-corrected chi connectivity index (χ1v) is 4.42. The van der Waals surface area contributed by atoms with E-state index in [1.54, 1.807) is 0 Å². The standard InChI is InChI=1S/C11H11F2NO/c1-11(2,6-14)10(15)7-3-8(12)5-9(13)4-7/h3-5,10,15H,1-2H3. The second-order valence-corrected chi connectivity index (χ2v) is 3.94. The summed E-state index contributed by atoms with van der Waals surface area (Å²) in [6.07, 6.45) is -1.22. The van der Waals surface area contributed by atoms with E-state index in [1.807, 2.05) is 6.07 Å². The van der Waals surface area contributed by atoms with Gasteiger partial charge in [-0.25, -0.2) is 8.78 Å². The number of halogens is 2. The molecule has 0 amide bonds. The smallest absolute Gasteiger partial charge is 0.126 e. The molecule has 1 N–H and O–H groups in total. The average molecular weight is 211 g/mol. The third kappa shape index (κ3) is 2.51. The van der Waals surface area contributed by atoms with Crippen molar-refractivity contribution in [1.29, 1.82) is 5.26 Å². The van der Waals surface area contributed by atoms with Crippen LogP contribution in [0, 0.1) is 28.4 Å². The number of rotatable bonds is 2. The van der Waals surface area contributed by atoms with Gasteiger partial charge in [-0.2, -0.15) is 5.26 Å². The van der Waals surface area contributed by atoms with E-state index in [0.29, 0.717) is 0 Å². The lowest BCUT2D eigenvalue weighted by atomic mass is 9.84. The summed E-state index contributed by atoms with van der Waals surface area (Å²) < 4.78 is 25.7. The molecule has 4 heteroatoms. The van der Waals surface area contributed by atoms with Gasteiger partial charge in [0.25, 0.3) is 0 Å². The molecule has 2 nitrogen and oxygen atoms in total. The molecule has 1 aromatic carbocycles. The molecule has 0 radical (unpaired) electrons. The van der Waals surface area contributed by atoms with E-state index in [0.717, 1.165) is 18.2 Å². The van der Waals surface area contributed by atoms with Crippen LogP contribution in [0.2, 0.25) is 0 Å². The molecule has 0 saturated carbocycles. The van der Waals surface area contributed by atoms with Gasteiger partial charge in [0.2, 0.25) is 0 Å². The minimum atomic E-state index is -1.22. The third-order valence-corrected chi connectivity index (χ3v) is 2.17. The Balaban J connectivity index is 3.13. The van der Waals surface area contributed by atoms with Gasteiger partial charge in [0.05, 0.1) is 17.6 Å². The van der Waals surface area contributed by atoms with E-state index in [1.165, 1.54) is 13.8 Å². The van der Waals surface area contributed by atoms with Crippen LogP contribution in [-0.4, -0.2) is 5.11 Å². The van der Waals surface area contributed by atoms with Crippen molar-refractivity contribution in [2.45, 2.75) is 20.0 Å². The zero-order chi connectivity index (χ0) is 11.6. The first-order valence-electron chi connectivity index (χ1n) is 4.42. The number of nitrogens with zero attached hydrogens (tertiary/aromatic N) is 1. The average Bonchev–Trinajstić information content (AvgIpc) is 2.15. The van der Waals surface area contributed by atoms with Crippen molar-refractivity contribution in [2.75, 3.05) is 0 Å². The number of aliphatic hydroxyl groups is 1. The molecule has 0 aromatic heterocycles. The normalized spacial score (nSPS) is 13.3. The second kappa shape index (κ2) is 3.95. The molecule has 0 bridgehead atoms. The van der Waals surface area contributed by atoms with E-state index in [-0.39, 0.29) is 5.56 Å². The van der Waals surface area contributed by atoms with Crippen LogP contribution in [0.5, 0.6) is 0 Å². The van der Waals surface area contributed by atoms with Crippen LogP contribution in [0.1, 0.15) is 25.5 Å². The molecule has 0 heterocycles. The van der Waals surface area contributed by atoms with Gasteiger partial charge < -0.3 is 5.11 Å². The van der Waals surface area contributed by atoms with Gasteiger partial charge in [0, 0.05) is 6.07 Å². The summed E-state index contributed by atoms with van der Waals surface area (Å²) in [4.78, 5) is 0. The topological polar surface area (TPSA) is 44.0 Å². The highest BCUT2D eigenvalue weighted by atomic mass is 19.1. The molecule has 0 saturated heterocycles. The van der Waals surface area contributed by atoms with Crippen molar-refractivity contribution in [3.05, 3.63) is 35.4 Å². The van der Waals surface area contributed by atoms with Gasteiger partial charge in [-0.1, -0.05) is 0 Å². The van der Waals surface area contributed by atoms with Crippen molar-refractivity contribution < 1.29 is 13.9 Å². The summed E-state index contributed by atoms with van der Waals surface area (Å²) in [7, 11) is 0. The summed E-state index contributed by atoms with van der Waals surface area (Å²) in [5, 5.41) is 18.5. The highest BCUT2D eigenvalue weighted by Crippen LogP contribution is 2.32. The highest BCUT2D eigenvalue weighted by molar-refractivity contribution is 5.23. The Morgan fingerprint density at radius 1 is 1.27 bits per heavy atom. The fourth-order valence-corrected chi connectivity index (χ4v) is 1.21. The zero-order valence-corrected chi connectivity index (χ0v) is 8.46. The third-order valence-electron chi connectivity index (χ3n) is 2.17. The molecule has 1 unspecified atom stereocenters. The van der Waals surface area contributed by atoms with Gasteiger partial charge in [0.15, 0.2) is 0 Å². The van der Waals surface area contributed by atoms with Crippen LogP contribution in [0.3, 0.4) is 0 Å². The van der Waals surface area contributed by atoms with Crippen LogP contribution in [0.4, 0.5) is 8.78 Å². The molecular formula is C11H11F2NO. The summed E-state index contributed by atoms with van der Waals surface area (Å²) in [6.45, 7) is 3.00. The van der Waals surface area contributed by atoms with Crippen LogP contribution in [-0.2, 0) is 0 Å². The van der Waals surface area contributed by atoms with Crippen molar-refractivity contribution in [1.82, 2.24) is 0 Å². The Kier molecular flexibility index (Phi) is 3.06. The van der Waals surface area contributed by atoms with Crippen LogP contribution >= 0.6 is 0 Å². The molecule has 0 spiro atoms. The lowest BCUT2D eigenvalue weighted by molar-refractivity contribution is 0.0861. The van der Waals surface area contributed by atoms with Gasteiger partial charge in [-0.15, -0.1) is 0 Å². The summed E-state index contributed by atoms with van der Waals surface area (Å²) in [6, 6.07) is 4.64. The number of benzene rings is 1. The SMILES string of the molecule is CC(C)(C#N)C(O)c1cc(F)cc(F)c1. The lowest BCUT2D eigenvalue weighted by Gasteiger charge is -2.23. The predicted molar refractivity (Wildman–Crippen MR) is 50.7 cm³/mol. The van der Waals surface area contributed by atoms with Gasteiger partial charge in [0.1, 0.15) is 11.6 Å². The van der Waals surface area contributed by atoms with Crippen LogP contribution < -0.4 is 0 Å². The van der Waals surface area contributed by atoms with Crippen molar-refractivity contribution >= 4 is 0 Å². The minimum absolute atomic E-state index is 0.0686. The Morgan fingerprint density at radius 3 is 2.13 bits per heavy atom. The summed E-state index contributed by atoms with van der Waals surface area (Å²) in [5.74, 6) is -1.53. The predicted octanol–water partition coefficient (Wildman–Crippen LogP) is 2.55. The maximum Gasteiger partial charge on any atom is 0.126 e. The van der Waals surface area contributed by atoms with E-state index < -0.39 is 23.2 Å². The largest absolute Gasteiger partial charge is 0.387 e. The van der Waals surface area contributed by atoms with Crippen molar-refractivity contribution in [2.24, 2.45) is 5.41 Å². The Labute approximate surface area is 86.8 Å². The minimum Gasteiger partial charge on any atom is -0.387 e. The number of aliphatic hydroxyl groups excluding tert-OH is 1. The second-order valence-electron chi connectivity index (χ2n) is 3.94. The molecule has 0 aliphatic heterocycles. The lowest BCUT2D eigenvalue weighted by Crippen LogP contribution is -2.20. The monoisotopic (exact) mass is 211 g/mol. The van der Waals surface area contributed by atoms with Gasteiger partial charge >= 0.3 is 0 Å². The molecular weight excluding hydrogens is 200 g/mol. The maximum absolute atomic E-state index is 12.8. The Bertz CT molecular complexity index is 389. The summed E-state index contributed by atoms with van der Waals surface area (Å²) >= 11 is 0. The first kappa shape index (κ1) is 11.6. The molecule has 1 aromatic rings. The van der Waals surface area contributed by atoms with E-state index in [2.05, 4.69) is 0 Å². The molecule has 0 fully saturated rings. The molecule has 1 rings (SSSR count). The fraction of sp³-hybridized carbons (Fsp3) is 0.364. The quantitative estimate of drug-likeness (QED) is 0.816. The number of hydrogen-bond acceptors (Lipinski definition) is 2. The molecule has 0 aliphatic carbocycles. The highest BCUT2D eigenvalue weighted by Gasteiger charge is 2.29. The van der Waals surface area contributed by atoms with Crippen molar-refractivity contribution in [3.8, 4) is 6.07 Å². The van der Waals surface area contributed by atoms with Gasteiger partial charge in [-0.05, 0) is 31.5 Å². The van der Waals surface area contributed by atoms with E-state index >= 15 is 0 Å². The van der Waals surface area contributed by atoms with Crippen molar-refractivity contribution in [3.63, 3.8) is 0 Å². The fourth-order valence-electron chi connectivity index (χ4n) is 1.21. The van der Waals surface area contributed by atoms with Crippen LogP contribution in [0.25, 0.3) is 0 Å². The Morgan fingerprint density at radius 2 is 1.73 bits per heavy atom. The first-order chi connectivity index (χ1) is 6.86. The number of nitriles is 1. The van der Waals surface area contributed by atoms with Gasteiger partial charge in [-0.3, -0.25) is 0 Å². The molecule has 1 atom stereocenters. The molecule has 15 heavy (non-hydrogen) atoms. The molecule has 80 valence electrons. The summed E-state index contributed by atoms with van der Waals surface area (Å²) in [5.41, 5.74) is -1.01. The maximum atomic E-state index is 12.8. The zero-order valence-electron chi connectivity index (χ0n) is 8.46. The Hall–Kier alpha value is -1.47. The van der Waals surface area contributed by atoms with E-state index in [9.17, 15) is 13.9 Å². The number of hydrogen-bond donors (Lipinski definition) is 1. The molecule has 0 aliphatic rings.